The summed E-state index contributed by atoms with van der Waals surface area (Å²) in [5.41, 5.74) is 7.83. The second-order valence-electron chi connectivity index (χ2n) is 5.88. The number of rotatable bonds is 3. The number of carbonyl (C=O) groups excluding carboxylic acids is 2. The highest BCUT2D eigenvalue weighted by Crippen LogP contribution is 2.28. The largest absolute Gasteiger partial charge is 0.326 e. The zero-order valence-corrected chi connectivity index (χ0v) is 12.7. The molecule has 1 aliphatic rings. The average Bonchev–Trinajstić information content (AvgIpc) is 2.42. The molecule has 1 aromatic carbocycles. The number of hydrogen-bond acceptors (Lipinski definition) is 3. The van der Waals surface area contributed by atoms with Gasteiger partial charge in [0.1, 0.15) is 0 Å². The molecule has 0 unspecified atom stereocenters. The van der Waals surface area contributed by atoms with Crippen molar-refractivity contribution in [1.82, 2.24) is 0 Å². The monoisotopic (exact) mass is 289 g/mol. The van der Waals surface area contributed by atoms with Crippen molar-refractivity contribution in [3.63, 3.8) is 0 Å². The Morgan fingerprint density at radius 1 is 1.14 bits per heavy atom. The zero-order chi connectivity index (χ0) is 15.5. The first-order valence-corrected chi connectivity index (χ1v) is 7.39. The summed E-state index contributed by atoms with van der Waals surface area (Å²) in [5.74, 6) is -0.230. The Morgan fingerprint density at radius 2 is 1.81 bits per heavy atom. The van der Waals surface area contributed by atoms with Crippen molar-refractivity contribution in [2.24, 2.45) is 5.73 Å². The van der Waals surface area contributed by atoms with Crippen LogP contribution in [0.3, 0.4) is 0 Å². The predicted octanol–water partition coefficient (Wildman–Crippen LogP) is 2.55. The maximum atomic E-state index is 12.4. The van der Waals surface area contributed by atoms with Crippen LogP contribution in [0, 0.1) is 6.92 Å². The van der Waals surface area contributed by atoms with Gasteiger partial charge in [-0.1, -0.05) is 19.3 Å². The fourth-order valence-electron chi connectivity index (χ4n) is 2.74. The normalized spacial score (nSPS) is 17.1. The summed E-state index contributed by atoms with van der Waals surface area (Å²) >= 11 is 0. The maximum absolute atomic E-state index is 12.4. The molecule has 1 saturated carbocycles. The number of nitrogens with one attached hydrogen (secondary N) is 2. The van der Waals surface area contributed by atoms with Gasteiger partial charge in [0.2, 0.25) is 11.8 Å². The molecule has 0 atom stereocenters. The third-order valence-corrected chi connectivity index (χ3v) is 3.99. The third-order valence-electron chi connectivity index (χ3n) is 3.99. The molecule has 5 heteroatoms. The topological polar surface area (TPSA) is 84.2 Å². The lowest BCUT2D eigenvalue weighted by molar-refractivity contribution is -0.122. The quantitative estimate of drug-likeness (QED) is 0.799. The number of amides is 2. The van der Waals surface area contributed by atoms with Gasteiger partial charge in [0.15, 0.2) is 0 Å². The van der Waals surface area contributed by atoms with Gasteiger partial charge in [0, 0.05) is 18.3 Å². The summed E-state index contributed by atoms with van der Waals surface area (Å²) in [6.45, 7) is 3.36. The van der Waals surface area contributed by atoms with E-state index >= 15 is 0 Å². The van der Waals surface area contributed by atoms with Crippen LogP contribution >= 0.6 is 0 Å². The van der Waals surface area contributed by atoms with Gasteiger partial charge in [0.05, 0.1) is 5.54 Å². The molecule has 2 amide bonds. The van der Waals surface area contributed by atoms with Crippen molar-refractivity contribution in [1.29, 1.82) is 0 Å². The first-order chi connectivity index (χ1) is 9.90. The molecule has 0 aromatic heterocycles. The molecule has 114 valence electrons. The number of benzene rings is 1. The highest BCUT2D eigenvalue weighted by atomic mass is 16.2. The van der Waals surface area contributed by atoms with Crippen LogP contribution in [0.5, 0.6) is 0 Å². The molecule has 1 fully saturated rings. The number of aryl methyl sites for hydroxylation is 1. The van der Waals surface area contributed by atoms with Crippen molar-refractivity contribution < 1.29 is 9.59 Å². The van der Waals surface area contributed by atoms with Crippen LogP contribution in [-0.2, 0) is 9.59 Å². The van der Waals surface area contributed by atoms with Crippen molar-refractivity contribution >= 4 is 23.2 Å². The predicted molar refractivity (Wildman–Crippen MR) is 84.1 cm³/mol. The number of hydrogen-bond donors (Lipinski definition) is 3. The van der Waals surface area contributed by atoms with E-state index in [1.807, 2.05) is 13.0 Å². The Balaban J connectivity index is 2.07. The van der Waals surface area contributed by atoms with Crippen LogP contribution in [-0.4, -0.2) is 17.4 Å². The average molecular weight is 289 g/mol. The minimum atomic E-state index is -0.748. The Hall–Kier alpha value is -1.88. The summed E-state index contributed by atoms with van der Waals surface area (Å²) in [6.07, 6.45) is 4.63. The van der Waals surface area contributed by atoms with E-state index < -0.39 is 5.54 Å². The van der Waals surface area contributed by atoms with E-state index in [1.165, 1.54) is 6.92 Å². The number of anilines is 2. The smallest absolute Gasteiger partial charge is 0.244 e. The lowest BCUT2D eigenvalue weighted by Gasteiger charge is -2.31. The Labute approximate surface area is 125 Å². The van der Waals surface area contributed by atoms with Crippen LogP contribution in [0.4, 0.5) is 11.4 Å². The molecule has 0 aliphatic heterocycles. The highest BCUT2D eigenvalue weighted by molar-refractivity contribution is 5.98. The van der Waals surface area contributed by atoms with Crippen molar-refractivity contribution in [2.75, 3.05) is 10.6 Å². The SMILES string of the molecule is CC(=O)Nc1ccc(NC(=O)C2(N)CCCCC2)cc1C. The zero-order valence-electron chi connectivity index (χ0n) is 12.7. The van der Waals surface area contributed by atoms with Gasteiger partial charge in [-0.05, 0) is 43.5 Å². The van der Waals surface area contributed by atoms with E-state index in [0.29, 0.717) is 5.69 Å². The lowest BCUT2D eigenvalue weighted by atomic mass is 9.82. The van der Waals surface area contributed by atoms with Crippen molar-refractivity contribution in [3.05, 3.63) is 23.8 Å². The van der Waals surface area contributed by atoms with Gasteiger partial charge in [-0.25, -0.2) is 0 Å². The summed E-state index contributed by atoms with van der Waals surface area (Å²) in [6, 6.07) is 5.41. The van der Waals surface area contributed by atoms with E-state index in [-0.39, 0.29) is 11.8 Å². The van der Waals surface area contributed by atoms with Crippen LogP contribution in [0.1, 0.15) is 44.6 Å². The van der Waals surface area contributed by atoms with Gasteiger partial charge >= 0.3 is 0 Å². The molecule has 0 heterocycles. The van der Waals surface area contributed by atoms with Crippen molar-refractivity contribution in [3.8, 4) is 0 Å². The van der Waals surface area contributed by atoms with Crippen LogP contribution in [0.2, 0.25) is 0 Å². The van der Waals surface area contributed by atoms with E-state index in [0.717, 1.165) is 43.4 Å². The van der Waals surface area contributed by atoms with E-state index in [9.17, 15) is 9.59 Å². The molecule has 5 nitrogen and oxygen atoms in total. The molecular formula is C16H23N3O2. The van der Waals surface area contributed by atoms with Gasteiger partial charge in [0.25, 0.3) is 0 Å². The Bertz CT molecular complexity index is 548. The van der Waals surface area contributed by atoms with Crippen LogP contribution < -0.4 is 16.4 Å². The van der Waals surface area contributed by atoms with Crippen LogP contribution in [0.15, 0.2) is 18.2 Å². The van der Waals surface area contributed by atoms with Gasteiger partial charge in [-0.15, -0.1) is 0 Å². The third kappa shape index (κ3) is 3.82. The second kappa shape index (κ2) is 6.26. The molecule has 2 rings (SSSR count). The molecule has 21 heavy (non-hydrogen) atoms. The molecule has 0 spiro atoms. The second-order valence-corrected chi connectivity index (χ2v) is 5.88. The first-order valence-electron chi connectivity index (χ1n) is 7.39. The molecule has 4 N–H and O–H groups in total. The van der Waals surface area contributed by atoms with E-state index in [4.69, 9.17) is 5.73 Å². The van der Waals surface area contributed by atoms with E-state index in [1.54, 1.807) is 12.1 Å². The minimum Gasteiger partial charge on any atom is -0.326 e. The highest BCUT2D eigenvalue weighted by Gasteiger charge is 2.35. The molecular weight excluding hydrogens is 266 g/mol. The molecule has 1 aliphatic carbocycles. The minimum absolute atomic E-state index is 0.113. The van der Waals surface area contributed by atoms with Crippen molar-refractivity contribution in [2.45, 2.75) is 51.5 Å². The lowest BCUT2D eigenvalue weighted by Crippen LogP contribution is -2.52. The van der Waals surface area contributed by atoms with Gasteiger partial charge in [-0.2, -0.15) is 0 Å². The molecule has 0 saturated heterocycles. The maximum Gasteiger partial charge on any atom is 0.244 e. The summed E-state index contributed by atoms with van der Waals surface area (Å²) in [4.78, 5) is 23.4. The Morgan fingerprint density at radius 3 is 2.38 bits per heavy atom. The van der Waals surface area contributed by atoms with Crippen LogP contribution in [0.25, 0.3) is 0 Å². The van der Waals surface area contributed by atoms with E-state index in [2.05, 4.69) is 10.6 Å². The summed E-state index contributed by atoms with van der Waals surface area (Å²) < 4.78 is 0. The fourth-order valence-corrected chi connectivity index (χ4v) is 2.74. The van der Waals surface area contributed by atoms with Gasteiger partial charge in [-0.3, -0.25) is 9.59 Å². The summed E-state index contributed by atoms with van der Waals surface area (Å²) in [5, 5.41) is 5.64. The van der Waals surface area contributed by atoms with Gasteiger partial charge < -0.3 is 16.4 Å². The fraction of sp³-hybridized carbons (Fsp3) is 0.500. The Kier molecular flexibility index (Phi) is 4.63. The molecule has 0 radical (unpaired) electrons. The molecule has 1 aromatic rings. The standard InChI is InChI=1S/C16H23N3O2/c1-11-10-13(6-7-14(11)18-12(2)20)19-15(21)16(17)8-4-3-5-9-16/h6-7,10H,3-5,8-9,17H2,1-2H3,(H,18,20)(H,19,21). The first kappa shape index (κ1) is 15.5. The summed E-state index contributed by atoms with van der Waals surface area (Å²) in [7, 11) is 0. The molecule has 0 bridgehead atoms. The number of carbonyl (C=O) groups is 2. The number of nitrogens with two attached hydrogens (primary N) is 1.